The molecule has 0 spiro atoms. The van der Waals surface area contributed by atoms with Crippen molar-refractivity contribution in [2.75, 3.05) is 16.8 Å². The van der Waals surface area contributed by atoms with Crippen LogP contribution in [0.3, 0.4) is 0 Å². The summed E-state index contributed by atoms with van der Waals surface area (Å²) in [6.07, 6.45) is 1.82. The molecule has 2 aromatic heterocycles. The molecule has 0 N–H and O–H groups in total. The molecule has 0 saturated carbocycles. The van der Waals surface area contributed by atoms with Gasteiger partial charge in [-0.05, 0) is 59.3 Å². The number of anilines is 3. The van der Waals surface area contributed by atoms with E-state index in [1.54, 1.807) is 18.2 Å². The summed E-state index contributed by atoms with van der Waals surface area (Å²) in [4.78, 5) is 12.4. The van der Waals surface area contributed by atoms with Gasteiger partial charge in [0.2, 0.25) is 0 Å². The van der Waals surface area contributed by atoms with Crippen molar-refractivity contribution in [3.05, 3.63) is 126 Å². The molecule has 224 valence electrons. The van der Waals surface area contributed by atoms with Gasteiger partial charge in [-0.15, -0.1) is 36.0 Å². The predicted octanol–water partition coefficient (Wildman–Crippen LogP) is 9.00. The molecular weight excluding hydrogens is 740 g/mol. The van der Waals surface area contributed by atoms with Crippen molar-refractivity contribution >= 4 is 44.6 Å². The first-order valence-electron chi connectivity index (χ1n) is 14.2. The molecule has 0 aliphatic carbocycles. The summed E-state index contributed by atoms with van der Waals surface area (Å²) in [6.45, 7) is 16.2. The second-order valence-electron chi connectivity index (χ2n) is 11.8. The fourth-order valence-electron chi connectivity index (χ4n) is 5.71. The number of para-hydroxylation sites is 3. The third-order valence-electron chi connectivity index (χ3n) is 7.86. The second kappa shape index (κ2) is 11.4. The molecule has 8 heteroatoms. The average Bonchev–Trinajstić information content (AvgIpc) is 3.55. The molecule has 0 unspecified atom stereocenters. The zero-order chi connectivity index (χ0) is 30.6. The van der Waals surface area contributed by atoms with Crippen LogP contribution < -0.4 is 14.5 Å². The molecule has 1 aliphatic rings. The first-order chi connectivity index (χ1) is 21.2. The molecule has 7 rings (SSSR count). The summed E-state index contributed by atoms with van der Waals surface area (Å²) in [5.41, 5.74) is 6.24. The Hall–Kier alpha value is -5.10. The summed E-state index contributed by atoms with van der Waals surface area (Å²) >= 11 is 0. The molecule has 0 atom stereocenters. The zero-order valence-electron chi connectivity index (χ0n) is 25.1. The van der Waals surface area contributed by atoms with E-state index in [1.807, 2.05) is 88.9 Å². The molecule has 6 aromatic rings. The minimum atomic E-state index is -0.0736. The van der Waals surface area contributed by atoms with E-state index < -0.39 is 0 Å². The van der Waals surface area contributed by atoms with E-state index in [0.29, 0.717) is 34.0 Å². The largest absolute Gasteiger partial charge is 0.510 e. The summed E-state index contributed by atoms with van der Waals surface area (Å²) in [7, 11) is 1.98. The Bertz CT molecular complexity index is 2180. The van der Waals surface area contributed by atoms with Gasteiger partial charge in [-0.3, -0.25) is 4.85 Å². The Balaban J connectivity index is 0.00000357. The van der Waals surface area contributed by atoms with E-state index in [4.69, 9.17) is 16.3 Å². The van der Waals surface area contributed by atoms with Gasteiger partial charge in [0.15, 0.2) is 0 Å². The molecule has 45 heavy (non-hydrogen) atoms. The van der Waals surface area contributed by atoms with Crippen LogP contribution in [0, 0.1) is 36.7 Å². The maximum absolute atomic E-state index is 10.3. The Morgan fingerprint density at radius 3 is 2.44 bits per heavy atom. The Morgan fingerprint density at radius 2 is 1.69 bits per heavy atom. The van der Waals surface area contributed by atoms with E-state index in [1.165, 1.54) is 0 Å². The molecular formula is C37H27N6OPt-3. The third kappa shape index (κ3) is 5.20. The van der Waals surface area contributed by atoms with Gasteiger partial charge in [0.25, 0.3) is 0 Å². The van der Waals surface area contributed by atoms with Gasteiger partial charge in [-0.1, -0.05) is 62.0 Å². The van der Waals surface area contributed by atoms with Crippen LogP contribution in [0.4, 0.5) is 22.7 Å². The summed E-state index contributed by atoms with van der Waals surface area (Å²) in [5.74, 6) is 1.43. The minimum Gasteiger partial charge on any atom is -0.510 e. The number of pyridine rings is 1. The van der Waals surface area contributed by atoms with Gasteiger partial charge in [-0.2, -0.15) is 11.9 Å². The van der Waals surface area contributed by atoms with E-state index in [2.05, 4.69) is 49.9 Å². The van der Waals surface area contributed by atoms with Crippen molar-refractivity contribution in [1.29, 1.82) is 5.26 Å². The SMILES string of the molecule is [C-]#[N+]c1cc(Oc2[c-]c3c(c(C#N)c2)c2ccccc2n3-c2cc(C(C)(C)C)ccn2)[c-]c(N2[CH-]N(C)c3ccccc32)c1.[Pt]. The summed E-state index contributed by atoms with van der Waals surface area (Å²) in [6, 6.07) is 34.4. The molecule has 0 saturated heterocycles. The van der Waals surface area contributed by atoms with Crippen molar-refractivity contribution in [2.45, 2.75) is 26.2 Å². The van der Waals surface area contributed by atoms with Crippen molar-refractivity contribution in [1.82, 2.24) is 9.55 Å². The molecule has 0 amide bonds. The number of hydrogen-bond acceptors (Lipinski definition) is 5. The van der Waals surface area contributed by atoms with Gasteiger partial charge in [0.05, 0.1) is 18.3 Å². The number of fused-ring (bicyclic) bond motifs is 4. The normalized spacial score (nSPS) is 12.5. The van der Waals surface area contributed by atoms with Crippen molar-refractivity contribution in [2.24, 2.45) is 0 Å². The van der Waals surface area contributed by atoms with Gasteiger partial charge >= 0.3 is 0 Å². The molecule has 0 bridgehead atoms. The van der Waals surface area contributed by atoms with Crippen LogP contribution in [-0.4, -0.2) is 16.6 Å². The topological polar surface area (TPSA) is 61.7 Å². The van der Waals surface area contributed by atoms with E-state index in [0.717, 1.165) is 39.0 Å². The maximum Gasteiger partial charge on any atom is 0.135 e. The number of nitrogens with zero attached hydrogens (tertiary/aromatic N) is 6. The van der Waals surface area contributed by atoms with Crippen LogP contribution in [-0.2, 0) is 26.5 Å². The summed E-state index contributed by atoms with van der Waals surface area (Å²) < 4.78 is 8.39. The Kier molecular flexibility index (Phi) is 7.61. The fraction of sp³-hybridized carbons (Fsp3) is 0.135. The molecule has 0 fully saturated rings. The Morgan fingerprint density at radius 1 is 0.956 bits per heavy atom. The van der Waals surface area contributed by atoms with Crippen LogP contribution in [0.5, 0.6) is 11.5 Å². The molecule has 7 nitrogen and oxygen atoms in total. The monoisotopic (exact) mass is 766 g/mol. The quantitative estimate of drug-likeness (QED) is 0.168. The average molecular weight is 767 g/mol. The molecule has 3 heterocycles. The summed E-state index contributed by atoms with van der Waals surface area (Å²) in [5, 5.41) is 12.0. The van der Waals surface area contributed by atoms with Crippen molar-refractivity contribution in [3.63, 3.8) is 0 Å². The predicted molar refractivity (Wildman–Crippen MR) is 174 cm³/mol. The molecule has 1 aliphatic heterocycles. The van der Waals surface area contributed by atoms with Gasteiger partial charge < -0.3 is 19.1 Å². The number of nitriles is 1. The molecule has 4 aromatic carbocycles. The zero-order valence-corrected chi connectivity index (χ0v) is 27.3. The van der Waals surface area contributed by atoms with Crippen molar-refractivity contribution < 1.29 is 25.8 Å². The van der Waals surface area contributed by atoms with Gasteiger partial charge in [-0.25, -0.2) is 4.98 Å². The number of rotatable bonds is 4. The van der Waals surface area contributed by atoms with E-state index in [-0.39, 0.29) is 26.5 Å². The van der Waals surface area contributed by atoms with Gasteiger partial charge in [0.1, 0.15) is 5.82 Å². The smallest absolute Gasteiger partial charge is 0.135 e. The second-order valence-corrected chi connectivity index (χ2v) is 11.8. The van der Waals surface area contributed by atoms with Crippen LogP contribution in [0.2, 0.25) is 0 Å². The fourth-order valence-corrected chi connectivity index (χ4v) is 5.71. The number of aromatic nitrogens is 2. The maximum atomic E-state index is 10.3. The number of hydrogen-bond donors (Lipinski definition) is 0. The van der Waals surface area contributed by atoms with Crippen LogP contribution in [0.1, 0.15) is 31.9 Å². The standard InChI is InChI=1S/C37H27N6O.Pt/c1-37(2,3)25-14-15-40-35(17-25)43-31-11-7-6-10-30(31)36-24(22-38)16-28(21-34(36)43)44-29-19-26(39-4)18-27(20-29)42-23-41(5)32-12-8-9-13-33(32)42;/h6-19,23H,1-3,5H3;/q-3;. The minimum absolute atomic E-state index is 0. The first-order valence-corrected chi connectivity index (χ1v) is 14.2. The first kappa shape index (κ1) is 29.9. The van der Waals surface area contributed by atoms with Gasteiger partial charge in [0, 0.05) is 55.7 Å². The Labute approximate surface area is 277 Å². The van der Waals surface area contributed by atoms with E-state index >= 15 is 0 Å². The number of ether oxygens (including phenoxy) is 1. The third-order valence-corrected chi connectivity index (χ3v) is 7.86. The number of benzene rings is 4. The van der Waals surface area contributed by atoms with E-state index in [9.17, 15) is 5.26 Å². The van der Waals surface area contributed by atoms with Crippen molar-refractivity contribution in [3.8, 4) is 23.4 Å². The molecule has 0 radical (unpaired) electrons. The van der Waals surface area contributed by atoms with Crippen LogP contribution in [0.25, 0.3) is 32.5 Å². The van der Waals surface area contributed by atoms with Crippen LogP contribution >= 0.6 is 0 Å². The van der Waals surface area contributed by atoms with Crippen LogP contribution in [0.15, 0.2) is 85.1 Å².